The van der Waals surface area contributed by atoms with Gasteiger partial charge in [-0.2, -0.15) is 0 Å². The van der Waals surface area contributed by atoms with Crippen LogP contribution >= 0.6 is 0 Å². The lowest BCUT2D eigenvalue weighted by molar-refractivity contribution is -0.0789. The number of ether oxygens (including phenoxy) is 1. The fraction of sp³-hybridized carbons (Fsp3) is 0.529. The molecule has 0 bridgehead atoms. The number of fused-ring (bicyclic) bond motifs is 1. The van der Waals surface area contributed by atoms with Crippen molar-refractivity contribution in [2.75, 3.05) is 13.2 Å². The van der Waals surface area contributed by atoms with E-state index in [2.05, 4.69) is 31.6 Å². The number of rotatable bonds is 4. The molecule has 22 heavy (non-hydrogen) atoms. The lowest BCUT2D eigenvalue weighted by atomic mass is 10.0. The Morgan fingerprint density at radius 1 is 1.23 bits per heavy atom. The van der Waals surface area contributed by atoms with E-state index in [1.165, 1.54) is 12.8 Å². The van der Waals surface area contributed by atoms with Gasteiger partial charge in [0.05, 0.1) is 24.7 Å². The van der Waals surface area contributed by atoms with Crippen LogP contribution in [-0.2, 0) is 17.8 Å². The number of imidazole rings is 1. The summed E-state index contributed by atoms with van der Waals surface area (Å²) in [6.07, 6.45) is 10.5. The van der Waals surface area contributed by atoms with E-state index in [0.717, 1.165) is 31.9 Å². The Morgan fingerprint density at radius 3 is 3.05 bits per heavy atom. The van der Waals surface area contributed by atoms with Crippen molar-refractivity contribution in [3.63, 3.8) is 0 Å². The van der Waals surface area contributed by atoms with Crippen molar-refractivity contribution < 1.29 is 4.74 Å². The molecule has 3 heterocycles. The molecule has 4 rings (SSSR count). The first-order chi connectivity index (χ1) is 10.9. The first kappa shape index (κ1) is 13.9. The molecule has 0 aromatic carbocycles. The van der Waals surface area contributed by atoms with E-state index in [0.29, 0.717) is 18.1 Å². The van der Waals surface area contributed by atoms with Crippen LogP contribution in [0.1, 0.15) is 18.5 Å². The van der Waals surface area contributed by atoms with E-state index in [1.807, 2.05) is 31.0 Å². The molecule has 116 valence electrons. The Kier molecular flexibility index (Phi) is 3.91. The monoisotopic (exact) mass is 298 g/mol. The summed E-state index contributed by atoms with van der Waals surface area (Å²) in [7, 11) is 0. The second-order valence-corrected chi connectivity index (χ2v) is 6.29. The largest absolute Gasteiger partial charge is 0.375 e. The molecule has 2 aromatic heterocycles. The maximum absolute atomic E-state index is 6.14. The molecule has 1 saturated heterocycles. The summed E-state index contributed by atoms with van der Waals surface area (Å²) in [5.41, 5.74) is 1.15. The molecule has 0 unspecified atom stereocenters. The maximum atomic E-state index is 6.14. The standard InChI is InChI=1S/C17H22N4O/c1-2-6-19-15(3-1)12-21-9-10-22-17-14(4-5-16(17)21)11-20-8-7-18-13-20/h1-3,6-8,13-14,16-17H,4-5,9-12H2/t14-,16+,17+/m0/s1. The second-order valence-electron chi connectivity index (χ2n) is 6.29. The highest BCUT2D eigenvalue weighted by molar-refractivity contribution is 5.05. The zero-order valence-corrected chi connectivity index (χ0v) is 12.7. The van der Waals surface area contributed by atoms with Crippen LogP contribution in [0, 0.1) is 5.92 Å². The molecule has 1 aliphatic carbocycles. The zero-order valence-electron chi connectivity index (χ0n) is 12.7. The highest BCUT2D eigenvalue weighted by Crippen LogP contribution is 2.36. The van der Waals surface area contributed by atoms with Crippen LogP contribution in [0.4, 0.5) is 0 Å². The van der Waals surface area contributed by atoms with Crippen molar-refractivity contribution in [1.29, 1.82) is 0 Å². The smallest absolute Gasteiger partial charge is 0.0946 e. The van der Waals surface area contributed by atoms with Crippen LogP contribution in [-0.4, -0.2) is 44.7 Å². The number of nitrogens with zero attached hydrogens (tertiary/aromatic N) is 4. The molecule has 1 aliphatic heterocycles. The molecule has 0 radical (unpaired) electrons. The molecule has 3 atom stereocenters. The van der Waals surface area contributed by atoms with Crippen molar-refractivity contribution >= 4 is 0 Å². The summed E-state index contributed by atoms with van der Waals surface area (Å²) < 4.78 is 8.31. The predicted octanol–water partition coefficient (Wildman–Crippen LogP) is 1.96. The van der Waals surface area contributed by atoms with E-state index in [4.69, 9.17) is 4.74 Å². The van der Waals surface area contributed by atoms with Gasteiger partial charge in [-0.15, -0.1) is 0 Å². The molecular weight excluding hydrogens is 276 g/mol. The third-order valence-corrected chi connectivity index (χ3v) is 4.93. The average molecular weight is 298 g/mol. The lowest BCUT2D eigenvalue weighted by Gasteiger charge is -2.39. The minimum absolute atomic E-state index is 0.347. The van der Waals surface area contributed by atoms with Gasteiger partial charge in [-0.3, -0.25) is 9.88 Å². The Hall–Kier alpha value is -1.72. The van der Waals surface area contributed by atoms with Crippen molar-refractivity contribution in [3.05, 3.63) is 48.8 Å². The third-order valence-electron chi connectivity index (χ3n) is 4.93. The van der Waals surface area contributed by atoms with Crippen LogP contribution in [0.5, 0.6) is 0 Å². The van der Waals surface area contributed by atoms with Crippen molar-refractivity contribution in [2.24, 2.45) is 5.92 Å². The molecule has 2 aliphatic rings. The fourth-order valence-electron chi connectivity index (χ4n) is 3.89. The van der Waals surface area contributed by atoms with Gasteiger partial charge in [-0.25, -0.2) is 4.98 Å². The zero-order chi connectivity index (χ0) is 14.8. The van der Waals surface area contributed by atoms with Gasteiger partial charge in [0.1, 0.15) is 0 Å². The van der Waals surface area contributed by atoms with E-state index < -0.39 is 0 Å². The van der Waals surface area contributed by atoms with Gasteiger partial charge in [0, 0.05) is 50.2 Å². The number of aromatic nitrogens is 3. The van der Waals surface area contributed by atoms with Gasteiger partial charge in [-0.1, -0.05) is 6.07 Å². The van der Waals surface area contributed by atoms with E-state index in [9.17, 15) is 0 Å². The minimum Gasteiger partial charge on any atom is -0.375 e. The first-order valence-electron chi connectivity index (χ1n) is 8.11. The van der Waals surface area contributed by atoms with Crippen LogP contribution in [0.15, 0.2) is 43.1 Å². The van der Waals surface area contributed by atoms with Crippen LogP contribution in [0.3, 0.4) is 0 Å². The topological polar surface area (TPSA) is 43.2 Å². The van der Waals surface area contributed by atoms with Crippen molar-refractivity contribution in [3.8, 4) is 0 Å². The number of pyridine rings is 1. The number of morpholine rings is 1. The van der Waals surface area contributed by atoms with Crippen molar-refractivity contribution in [1.82, 2.24) is 19.4 Å². The molecule has 5 nitrogen and oxygen atoms in total. The summed E-state index contributed by atoms with van der Waals surface area (Å²) in [6, 6.07) is 6.69. The Bertz CT molecular complexity index is 586. The molecule has 2 aromatic rings. The SMILES string of the molecule is c1ccc(CN2CCO[C@@H]3[C@H](Cn4ccnc4)CC[C@H]32)nc1. The molecule has 5 heteroatoms. The van der Waals surface area contributed by atoms with Crippen molar-refractivity contribution in [2.45, 2.75) is 38.1 Å². The van der Waals surface area contributed by atoms with Gasteiger partial charge in [0.15, 0.2) is 0 Å². The summed E-state index contributed by atoms with van der Waals surface area (Å²) in [5, 5.41) is 0. The van der Waals surface area contributed by atoms with E-state index in [-0.39, 0.29) is 0 Å². The predicted molar refractivity (Wildman–Crippen MR) is 83.1 cm³/mol. The van der Waals surface area contributed by atoms with Crippen LogP contribution in [0.2, 0.25) is 0 Å². The molecule has 0 spiro atoms. The summed E-state index contributed by atoms with van der Waals surface area (Å²) >= 11 is 0. The molecule has 0 amide bonds. The number of hydrogen-bond donors (Lipinski definition) is 0. The minimum atomic E-state index is 0.347. The quantitative estimate of drug-likeness (QED) is 0.865. The number of hydrogen-bond acceptors (Lipinski definition) is 4. The summed E-state index contributed by atoms with van der Waals surface area (Å²) in [5.74, 6) is 0.589. The Labute approximate surface area is 130 Å². The highest BCUT2D eigenvalue weighted by Gasteiger charge is 2.42. The van der Waals surface area contributed by atoms with E-state index >= 15 is 0 Å². The van der Waals surface area contributed by atoms with E-state index in [1.54, 1.807) is 0 Å². The average Bonchev–Trinajstić information content (AvgIpc) is 3.20. The van der Waals surface area contributed by atoms with Crippen LogP contribution < -0.4 is 0 Å². The highest BCUT2D eigenvalue weighted by atomic mass is 16.5. The van der Waals surface area contributed by atoms with Crippen LogP contribution in [0.25, 0.3) is 0 Å². The Morgan fingerprint density at radius 2 is 2.23 bits per heavy atom. The normalized spacial score (nSPS) is 28.6. The molecular formula is C17H22N4O. The van der Waals surface area contributed by atoms with Gasteiger partial charge in [-0.05, 0) is 25.0 Å². The third kappa shape index (κ3) is 2.78. The van der Waals surface area contributed by atoms with Gasteiger partial charge in [0.25, 0.3) is 0 Å². The second kappa shape index (κ2) is 6.18. The van der Waals surface area contributed by atoms with Gasteiger partial charge < -0.3 is 9.30 Å². The molecule has 0 N–H and O–H groups in total. The maximum Gasteiger partial charge on any atom is 0.0946 e. The fourth-order valence-corrected chi connectivity index (χ4v) is 3.89. The molecule has 1 saturated carbocycles. The lowest BCUT2D eigenvalue weighted by Crippen LogP contribution is -2.50. The first-order valence-corrected chi connectivity index (χ1v) is 8.11. The Balaban J connectivity index is 1.44. The molecule has 2 fully saturated rings. The van der Waals surface area contributed by atoms with Gasteiger partial charge in [0.2, 0.25) is 0 Å². The summed E-state index contributed by atoms with van der Waals surface area (Å²) in [4.78, 5) is 11.2. The summed E-state index contributed by atoms with van der Waals surface area (Å²) in [6.45, 7) is 3.78. The van der Waals surface area contributed by atoms with Gasteiger partial charge >= 0.3 is 0 Å².